The van der Waals surface area contributed by atoms with Crippen molar-refractivity contribution in [3.63, 3.8) is 0 Å². The molecule has 0 heterocycles. The van der Waals surface area contributed by atoms with Crippen molar-refractivity contribution >= 4 is 14.1 Å². The van der Waals surface area contributed by atoms with Crippen molar-refractivity contribution in [3.8, 4) is 11.5 Å². The van der Waals surface area contributed by atoms with Gasteiger partial charge in [0.2, 0.25) is 0 Å². The molecule has 2 N–H and O–H groups in total. The first-order valence-electron chi connectivity index (χ1n) is 5.69. The second-order valence-corrected chi connectivity index (χ2v) is 4.92. The summed E-state index contributed by atoms with van der Waals surface area (Å²) < 4.78 is 5.52. The third kappa shape index (κ3) is 3.73. The van der Waals surface area contributed by atoms with Crippen LogP contribution in [0.15, 0.2) is 48.5 Å². The van der Waals surface area contributed by atoms with Crippen LogP contribution in [-0.2, 0) is 10.9 Å². The van der Waals surface area contributed by atoms with Crippen LogP contribution in [-0.4, -0.2) is 16.8 Å². The molecule has 0 aliphatic heterocycles. The van der Waals surface area contributed by atoms with E-state index >= 15 is 0 Å². The Balaban J connectivity index is 1.80. The third-order valence-electron chi connectivity index (χ3n) is 2.50. The fraction of sp³-hybridized carbons (Fsp3) is 0.143. The maximum absolute atomic E-state index is 9.57. The topological polar surface area (TPSA) is 49.7 Å². The molecule has 0 aliphatic carbocycles. The van der Waals surface area contributed by atoms with Crippen LogP contribution in [0.4, 0.5) is 0 Å². The minimum absolute atomic E-state index is 0.0414. The molecular formula is C14H15O3P. The minimum atomic E-state index is 0.0414. The minimum Gasteiger partial charge on any atom is -0.508 e. The van der Waals surface area contributed by atoms with Crippen LogP contribution in [0.2, 0.25) is 0 Å². The zero-order chi connectivity index (χ0) is 12.8. The highest BCUT2D eigenvalue weighted by molar-refractivity contribution is 7.42. The Hall–Kier alpha value is -1.57. The van der Waals surface area contributed by atoms with Gasteiger partial charge >= 0.3 is 0 Å². The van der Waals surface area contributed by atoms with E-state index in [4.69, 9.17) is 4.52 Å². The first-order valence-corrected chi connectivity index (χ1v) is 6.60. The molecule has 94 valence electrons. The second kappa shape index (κ2) is 6.39. The van der Waals surface area contributed by atoms with Crippen LogP contribution in [0.3, 0.4) is 0 Å². The van der Waals surface area contributed by atoms with Crippen LogP contribution in [0.5, 0.6) is 11.5 Å². The van der Waals surface area contributed by atoms with Gasteiger partial charge in [-0.1, -0.05) is 30.3 Å². The van der Waals surface area contributed by atoms with E-state index in [1.54, 1.807) is 0 Å². The quantitative estimate of drug-likeness (QED) is 0.494. The smallest absolute Gasteiger partial charge is 0.125 e. The summed E-state index contributed by atoms with van der Waals surface area (Å²) in [5, 5.41) is 19.5. The van der Waals surface area contributed by atoms with Crippen LogP contribution in [0.1, 0.15) is 5.56 Å². The molecular weight excluding hydrogens is 247 g/mol. The number of aromatic hydroxyl groups is 2. The van der Waals surface area contributed by atoms with Gasteiger partial charge in [-0.15, -0.1) is 0 Å². The molecule has 4 heteroatoms. The fourth-order valence-corrected chi connectivity index (χ4v) is 2.30. The molecule has 2 rings (SSSR count). The molecule has 0 radical (unpaired) electrons. The molecule has 0 fully saturated rings. The summed E-state index contributed by atoms with van der Waals surface area (Å²) in [6, 6.07) is 14.5. The molecule has 1 atom stereocenters. The summed E-state index contributed by atoms with van der Waals surface area (Å²) >= 11 is 0. The number of benzene rings is 2. The van der Waals surface area contributed by atoms with E-state index in [0.717, 1.165) is 6.42 Å². The lowest BCUT2D eigenvalue weighted by atomic mass is 10.2. The van der Waals surface area contributed by atoms with Gasteiger partial charge in [-0.05, 0) is 30.2 Å². The number of phenols is 2. The van der Waals surface area contributed by atoms with Crippen molar-refractivity contribution in [1.29, 1.82) is 0 Å². The van der Waals surface area contributed by atoms with E-state index in [1.165, 1.54) is 23.8 Å². The van der Waals surface area contributed by atoms with Gasteiger partial charge in [0.1, 0.15) is 11.5 Å². The molecule has 2 aromatic carbocycles. The van der Waals surface area contributed by atoms with Crippen molar-refractivity contribution in [2.45, 2.75) is 6.42 Å². The highest BCUT2D eigenvalue weighted by Gasteiger charge is 2.02. The summed E-state index contributed by atoms with van der Waals surface area (Å²) in [5.41, 5.74) is 1.22. The molecule has 18 heavy (non-hydrogen) atoms. The van der Waals surface area contributed by atoms with E-state index in [2.05, 4.69) is 12.1 Å². The molecule has 3 nitrogen and oxygen atoms in total. The molecule has 0 amide bonds. The molecule has 1 unspecified atom stereocenters. The Morgan fingerprint density at radius 2 is 1.78 bits per heavy atom. The number of hydrogen-bond donors (Lipinski definition) is 2. The Morgan fingerprint density at radius 1 is 1.00 bits per heavy atom. The lowest BCUT2D eigenvalue weighted by Gasteiger charge is -2.06. The Bertz CT molecular complexity index is 500. The lowest BCUT2D eigenvalue weighted by Crippen LogP contribution is -1.99. The van der Waals surface area contributed by atoms with Gasteiger partial charge in [-0.3, -0.25) is 0 Å². The SMILES string of the molecule is Oc1ccc(O)c(POCCc2ccccc2)c1. The maximum Gasteiger partial charge on any atom is 0.125 e. The third-order valence-corrected chi connectivity index (χ3v) is 3.47. The molecule has 2 aromatic rings. The Labute approximate surface area is 108 Å². The molecule has 0 aliphatic rings. The van der Waals surface area contributed by atoms with Crippen molar-refractivity contribution in [1.82, 2.24) is 0 Å². The average Bonchev–Trinajstić information content (AvgIpc) is 2.40. The highest BCUT2D eigenvalue weighted by Crippen LogP contribution is 2.23. The summed E-state index contributed by atoms with van der Waals surface area (Å²) in [7, 11) is 0.0414. The summed E-state index contributed by atoms with van der Waals surface area (Å²) in [6.45, 7) is 0.595. The van der Waals surface area contributed by atoms with Gasteiger partial charge in [-0.25, -0.2) is 0 Å². The fourth-order valence-electron chi connectivity index (χ4n) is 1.55. The van der Waals surface area contributed by atoms with E-state index in [-0.39, 0.29) is 20.3 Å². The summed E-state index contributed by atoms with van der Waals surface area (Å²) in [6.07, 6.45) is 0.841. The standard InChI is InChI=1S/C14H15O3P/c15-12-6-7-13(16)14(10-12)18-17-9-8-11-4-2-1-3-5-11/h1-7,10,15-16,18H,8-9H2. The van der Waals surface area contributed by atoms with Crippen molar-refractivity contribution in [3.05, 3.63) is 54.1 Å². The van der Waals surface area contributed by atoms with Crippen LogP contribution < -0.4 is 5.30 Å². The van der Waals surface area contributed by atoms with Gasteiger partial charge in [0.25, 0.3) is 0 Å². The number of phenolic OH excluding ortho intramolecular Hbond substituents is 2. The predicted molar refractivity (Wildman–Crippen MR) is 73.8 cm³/mol. The van der Waals surface area contributed by atoms with Gasteiger partial charge in [0.05, 0.1) is 6.61 Å². The summed E-state index contributed by atoms with van der Waals surface area (Å²) in [5.74, 6) is 0.299. The van der Waals surface area contributed by atoms with Crippen LogP contribution >= 0.6 is 8.81 Å². The monoisotopic (exact) mass is 262 g/mol. The summed E-state index contributed by atoms with van der Waals surface area (Å²) in [4.78, 5) is 0. The zero-order valence-corrected chi connectivity index (χ0v) is 10.8. The first-order chi connectivity index (χ1) is 8.75. The van der Waals surface area contributed by atoms with E-state index < -0.39 is 0 Å². The molecule has 0 saturated carbocycles. The Morgan fingerprint density at radius 3 is 2.56 bits per heavy atom. The second-order valence-electron chi connectivity index (χ2n) is 3.89. The largest absolute Gasteiger partial charge is 0.508 e. The van der Waals surface area contributed by atoms with Gasteiger partial charge < -0.3 is 14.7 Å². The van der Waals surface area contributed by atoms with Gasteiger partial charge in [0.15, 0.2) is 0 Å². The lowest BCUT2D eigenvalue weighted by molar-refractivity contribution is 0.371. The van der Waals surface area contributed by atoms with Gasteiger partial charge in [-0.2, -0.15) is 0 Å². The van der Waals surface area contributed by atoms with E-state index in [9.17, 15) is 10.2 Å². The first kappa shape index (κ1) is 12.9. The van der Waals surface area contributed by atoms with Crippen LogP contribution in [0, 0.1) is 0 Å². The Kier molecular flexibility index (Phi) is 4.57. The van der Waals surface area contributed by atoms with Crippen molar-refractivity contribution in [2.24, 2.45) is 0 Å². The number of rotatable bonds is 5. The zero-order valence-electron chi connectivity index (χ0n) is 9.84. The molecule has 0 aromatic heterocycles. The molecule has 0 spiro atoms. The average molecular weight is 262 g/mol. The van der Waals surface area contributed by atoms with E-state index in [0.29, 0.717) is 11.9 Å². The van der Waals surface area contributed by atoms with Gasteiger partial charge in [0, 0.05) is 14.1 Å². The van der Waals surface area contributed by atoms with Crippen molar-refractivity contribution in [2.75, 3.05) is 6.61 Å². The normalized spacial score (nSPS) is 11.1. The molecule has 0 bridgehead atoms. The van der Waals surface area contributed by atoms with Crippen molar-refractivity contribution < 1.29 is 14.7 Å². The molecule has 0 saturated heterocycles. The maximum atomic E-state index is 9.57. The number of hydrogen-bond acceptors (Lipinski definition) is 3. The predicted octanol–water partition coefficient (Wildman–Crippen LogP) is 2.58. The van der Waals surface area contributed by atoms with E-state index in [1.807, 2.05) is 18.2 Å². The highest BCUT2D eigenvalue weighted by atomic mass is 31.1. The van der Waals surface area contributed by atoms with Crippen LogP contribution in [0.25, 0.3) is 0 Å².